The van der Waals surface area contributed by atoms with Crippen LogP contribution in [0.1, 0.15) is 13.3 Å². The predicted molar refractivity (Wildman–Crippen MR) is 61.7 cm³/mol. The first-order valence-corrected chi connectivity index (χ1v) is 6.36. The van der Waals surface area contributed by atoms with Gasteiger partial charge in [-0.05, 0) is 13.3 Å². The highest BCUT2D eigenvalue weighted by molar-refractivity contribution is 8.14. The largest absolute Gasteiger partial charge is 0.481 e. The molecule has 2 fully saturated rings. The summed E-state index contributed by atoms with van der Waals surface area (Å²) in [5.74, 6) is -0.622. The summed E-state index contributed by atoms with van der Waals surface area (Å²) in [5, 5.41) is 11.4. The van der Waals surface area contributed by atoms with E-state index in [-0.39, 0.29) is 17.7 Å². The SMILES string of the molecule is CC1(C(=O)O)CCN(C(=O)[C@@H]2CSC(=O)N2)C1. The van der Waals surface area contributed by atoms with Crippen molar-refractivity contribution in [2.75, 3.05) is 18.8 Å². The van der Waals surface area contributed by atoms with Gasteiger partial charge < -0.3 is 15.3 Å². The summed E-state index contributed by atoms with van der Waals surface area (Å²) in [6, 6.07) is -0.497. The Labute approximate surface area is 103 Å². The molecule has 2 amide bonds. The number of likely N-dealkylation sites (tertiary alicyclic amines) is 1. The molecule has 17 heavy (non-hydrogen) atoms. The smallest absolute Gasteiger partial charge is 0.311 e. The monoisotopic (exact) mass is 258 g/mol. The maximum Gasteiger partial charge on any atom is 0.311 e. The Hall–Kier alpha value is -1.24. The third-order valence-corrected chi connectivity index (χ3v) is 4.15. The van der Waals surface area contributed by atoms with Crippen molar-refractivity contribution in [3.05, 3.63) is 0 Å². The molecule has 0 aliphatic carbocycles. The zero-order valence-electron chi connectivity index (χ0n) is 9.43. The van der Waals surface area contributed by atoms with Gasteiger partial charge in [0.2, 0.25) is 5.91 Å². The molecule has 0 spiro atoms. The maximum absolute atomic E-state index is 12.0. The van der Waals surface area contributed by atoms with Crippen LogP contribution < -0.4 is 5.32 Å². The van der Waals surface area contributed by atoms with Crippen molar-refractivity contribution in [2.24, 2.45) is 5.41 Å². The van der Waals surface area contributed by atoms with Crippen LogP contribution in [0.25, 0.3) is 0 Å². The molecule has 0 bridgehead atoms. The molecule has 2 atom stereocenters. The second kappa shape index (κ2) is 4.21. The van der Waals surface area contributed by atoms with E-state index in [1.54, 1.807) is 6.92 Å². The van der Waals surface area contributed by atoms with Crippen LogP contribution in [0.4, 0.5) is 4.79 Å². The summed E-state index contributed by atoms with van der Waals surface area (Å²) >= 11 is 1.08. The van der Waals surface area contributed by atoms with Crippen LogP contribution in [0.5, 0.6) is 0 Å². The number of thioether (sulfide) groups is 1. The average molecular weight is 258 g/mol. The number of carbonyl (C=O) groups excluding carboxylic acids is 2. The van der Waals surface area contributed by atoms with Crippen molar-refractivity contribution in [1.29, 1.82) is 0 Å². The number of nitrogens with zero attached hydrogens (tertiary/aromatic N) is 1. The molecule has 1 unspecified atom stereocenters. The highest BCUT2D eigenvalue weighted by Gasteiger charge is 2.44. The van der Waals surface area contributed by atoms with Crippen LogP contribution in [0.15, 0.2) is 0 Å². The first kappa shape index (κ1) is 12.2. The molecule has 0 radical (unpaired) electrons. The van der Waals surface area contributed by atoms with E-state index in [4.69, 9.17) is 5.11 Å². The van der Waals surface area contributed by atoms with Gasteiger partial charge in [0.1, 0.15) is 6.04 Å². The van der Waals surface area contributed by atoms with E-state index in [1.807, 2.05) is 0 Å². The van der Waals surface area contributed by atoms with Crippen LogP contribution in [-0.4, -0.2) is 52.0 Å². The summed E-state index contributed by atoms with van der Waals surface area (Å²) in [6.45, 7) is 2.31. The fourth-order valence-corrected chi connectivity index (χ4v) is 2.83. The molecule has 2 N–H and O–H groups in total. The van der Waals surface area contributed by atoms with E-state index in [9.17, 15) is 14.4 Å². The predicted octanol–water partition coefficient (Wildman–Crippen LogP) is 0.135. The molecule has 94 valence electrons. The molecular weight excluding hydrogens is 244 g/mol. The summed E-state index contributed by atoms with van der Waals surface area (Å²) in [5.41, 5.74) is -0.856. The van der Waals surface area contributed by atoms with Crippen molar-refractivity contribution < 1.29 is 19.5 Å². The Morgan fingerprint density at radius 2 is 2.29 bits per heavy atom. The fraction of sp³-hybridized carbons (Fsp3) is 0.700. The lowest BCUT2D eigenvalue weighted by atomic mass is 9.90. The van der Waals surface area contributed by atoms with Gasteiger partial charge in [-0.15, -0.1) is 0 Å². The van der Waals surface area contributed by atoms with Crippen molar-refractivity contribution in [2.45, 2.75) is 19.4 Å². The molecule has 2 heterocycles. The second-order valence-corrected chi connectivity index (χ2v) is 5.66. The number of carboxylic acid groups (broad SMARTS) is 1. The van der Waals surface area contributed by atoms with Gasteiger partial charge in [-0.2, -0.15) is 0 Å². The zero-order valence-corrected chi connectivity index (χ0v) is 10.2. The quantitative estimate of drug-likeness (QED) is 0.735. The molecule has 2 aliphatic heterocycles. The van der Waals surface area contributed by atoms with Gasteiger partial charge in [-0.25, -0.2) is 0 Å². The number of hydrogen-bond acceptors (Lipinski definition) is 4. The fourth-order valence-electron chi connectivity index (χ4n) is 2.06. The number of amides is 2. The normalized spacial score (nSPS) is 32.6. The van der Waals surface area contributed by atoms with Crippen LogP contribution in [-0.2, 0) is 9.59 Å². The summed E-state index contributed by atoms with van der Waals surface area (Å²) in [4.78, 5) is 35.6. The molecule has 2 rings (SSSR count). The number of carbonyl (C=O) groups is 3. The second-order valence-electron chi connectivity index (χ2n) is 4.67. The third-order valence-electron chi connectivity index (χ3n) is 3.27. The molecular formula is C10H14N2O4S. The Balaban J connectivity index is 1.99. The zero-order chi connectivity index (χ0) is 12.6. The molecule has 0 saturated carbocycles. The van der Waals surface area contributed by atoms with Crippen molar-refractivity contribution in [1.82, 2.24) is 10.2 Å². The molecule has 2 aliphatic rings. The lowest BCUT2D eigenvalue weighted by molar-refractivity contribution is -0.147. The Bertz CT molecular complexity index is 387. The number of hydrogen-bond donors (Lipinski definition) is 2. The number of rotatable bonds is 2. The van der Waals surface area contributed by atoms with E-state index in [0.717, 1.165) is 11.8 Å². The minimum Gasteiger partial charge on any atom is -0.481 e. The Morgan fingerprint density at radius 3 is 2.76 bits per heavy atom. The van der Waals surface area contributed by atoms with Crippen LogP contribution in [0.2, 0.25) is 0 Å². The van der Waals surface area contributed by atoms with Gasteiger partial charge in [-0.1, -0.05) is 11.8 Å². The Kier molecular flexibility index (Phi) is 3.03. The molecule has 0 aromatic heterocycles. The van der Waals surface area contributed by atoms with Gasteiger partial charge in [0, 0.05) is 18.8 Å². The molecule has 7 heteroatoms. The average Bonchev–Trinajstić information content (AvgIpc) is 2.85. The Morgan fingerprint density at radius 1 is 1.59 bits per heavy atom. The van der Waals surface area contributed by atoms with Crippen molar-refractivity contribution >= 4 is 28.9 Å². The summed E-state index contributed by atoms with van der Waals surface area (Å²) < 4.78 is 0. The minimum atomic E-state index is -0.877. The van der Waals surface area contributed by atoms with Gasteiger partial charge in [0.05, 0.1) is 5.41 Å². The molecule has 0 aromatic rings. The maximum atomic E-state index is 12.0. The lowest BCUT2D eigenvalue weighted by Crippen LogP contribution is -2.45. The van der Waals surface area contributed by atoms with Gasteiger partial charge in [0.25, 0.3) is 5.24 Å². The standard InChI is InChI=1S/C10H14N2O4S/c1-10(8(14)15)2-3-12(5-10)7(13)6-4-17-9(16)11-6/h6H,2-5H2,1H3,(H,11,16)(H,14,15)/t6-,10?/m0/s1. The number of nitrogens with one attached hydrogen (secondary N) is 1. The van der Waals surface area contributed by atoms with Crippen LogP contribution >= 0.6 is 11.8 Å². The van der Waals surface area contributed by atoms with E-state index < -0.39 is 17.4 Å². The van der Waals surface area contributed by atoms with Crippen LogP contribution in [0.3, 0.4) is 0 Å². The van der Waals surface area contributed by atoms with E-state index >= 15 is 0 Å². The topological polar surface area (TPSA) is 86.7 Å². The summed E-state index contributed by atoms with van der Waals surface area (Å²) in [6.07, 6.45) is 0.460. The van der Waals surface area contributed by atoms with E-state index in [0.29, 0.717) is 18.7 Å². The lowest BCUT2D eigenvalue weighted by Gasteiger charge is -2.22. The molecule has 6 nitrogen and oxygen atoms in total. The van der Waals surface area contributed by atoms with Gasteiger partial charge >= 0.3 is 5.97 Å². The highest BCUT2D eigenvalue weighted by atomic mass is 32.2. The van der Waals surface area contributed by atoms with Gasteiger partial charge in [0.15, 0.2) is 0 Å². The molecule has 2 saturated heterocycles. The first-order chi connectivity index (χ1) is 7.92. The number of aliphatic carboxylic acids is 1. The molecule has 0 aromatic carbocycles. The minimum absolute atomic E-state index is 0.173. The van der Waals surface area contributed by atoms with E-state index in [1.165, 1.54) is 4.90 Å². The third kappa shape index (κ3) is 2.24. The van der Waals surface area contributed by atoms with E-state index in [2.05, 4.69) is 5.32 Å². The van der Waals surface area contributed by atoms with Crippen molar-refractivity contribution in [3.63, 3.8) is 0 Å². The highest BCUT2D eigenvalue weighted by Crippen LogP contribution is 2.31. The first-order valence-electron chi connectivity index (χ1n) is 5.38. The van der Waals surface area contributed by atoms with Crippen LogP contribution in [0, 0.1) is 5.41 Å². The number of carboxylic acids is 1. The van der Waals surface area contributed by atoms with Gasteiger partial charge in [-0.3, -0.25) is 14.4 Å². The van der Waals surface area contributed by atoms with Crippen molar-refractivity contribution in [3.8, 4) is 0 Å². The summed E-state index contributed by atoms with van der Waals surface area (Å²) in [7, 11) is 0.